The number of aryl methyl sites for hydroxylation is 1. The molecule has 1 aromatic heterocycles. The van der Waals surface area contributed by atoms with E-state index in [0.717, 1.165) is 22.8 Å². The first-order valence-electron chi connectivity index (χ1n) is 6.13. The molecule has 1 unspecified atom stereocenters. The molecule has 0 aliphatic carbocycles. The van der Waals surface area contributed by atoms with Crippen LogP contribution in [0.3, 0.4) is 0 Å². The molecule has 0 radical (unpaired) electrons. The number of aromatic nitrogens is 1. The normalized spacial score (nSPS) is 20.6. The highest BCUT2D eigenvalue weighted by Crippen LogP contribution is 2.28. The molecule has 0 saturated carbocycles. The van der Waals surface area contributed by atoms with E-state index < -0.39 is 15.2 Å². The van der Waals surface area contributed by atoms with Gasteiger partial charge in [-0.15, -0.1) is 0 Å². The first kappa shape index (κ1) is 14.6. The molecule has 1 atom stereocenters. The molecule has 19 heavy (non-hydrogen) atoms. The first-order chi connectivity index (χ1) is 8.93. The minimum atomic E-state index is -3.14. The van der Waals surface area contributed by atoms with E-state index >= 15 is 0 Å². The molecule has 0 aromatic carbocycles. The number of nitrogens with two attached hydrogens (primary N) is 1. The number of anilines is 1. The van der Waals surface area contributed by atoms with Gasteiger partial charge in [0, 0.05) is 42.1 Å². The van der Waals surface area contributed by atoms with E-state index in [0.29, 0.717) is 18.8 Å². The third kappa shape index (κ3) is 3.21. The Balaban J connectivity index is 2.45. The van der Waals surface area contributed by atoms with Gasteiger partial charge in [0.05, 0.1) is 0 Å². The summed E-state index contributed by atoms with van der Waals surface area (Å²) in [7, 11) is -3.14. The predicted molar refractivity (Wildman–Crippen MR) is 80.2 cm³/mol. The Bertz CT molecular complexity index is 560. The van der Waals surface area contributed by atoms with Gasteiger partial charge in [0.25, 0.3) is 0 Å². The van der Waals surface area contributed by atoms with Crippen LogP contribution < -0.4 is 10.6 Å². The van der Waals surface area contributed by atoms with Crippen LogP contribution in [0.15, 0.2) is 12.1 Å². The lowest BCUT2D eigenvalue weighted by atomic mass is 10.2. The SMILES string of the molecule is Cc1ccc(CN)c(N2CCSCC2S(C)(=O)=O)n1. The zero-order valence-corrected chi connectivity index (χ0v) is 12.8. The largest absolute Gasteiger partial charge is 0.338 e. The Labute approximate surface area is 118 Å². The van der Waals surface area contributed by atoms with Gasteiger partial charge in [0.1, 0.15) is 11.2 Å². The van der Waals surface area contributed by atoms with Crippen LogP contribution >= 0.6 is 11.8 Å². The molecule has 0 bridgehead atoms. The van der Waals surface area contributed by atoms with Crippen molar-refractivity contribution in [3.63, 3.8) is 0 Å². The molecule has 2 rings (SSSR count). The lowest BCUT2D eigenvalue weighted by molar-refractivity contribution is 0.583. The van der Waals surface area contributed by atoms with Gasteiger partial charge < -0.3 is 10.6 Å². The van der Waals surface area contributed by atoms with Gasteiger partial charge in [-0.2, -0.15) is 11.8 Å². The monoisotopic (exact) mass is 301 g/mol. The van der Waals surface area contributed by atoms with Crippen molar-refractivity contribution in [1.29, 1.82) is 0 Å². The van der Waals surface area contributed by atoms with Crippen molar-refractivity contribution < 1.29 is 8.42 Å². The van der Waals surface area contributed by atoms with Gasteiger partial charge in [-0.1, -0.05) is 6.07 Å². The van der Waals surface area contributed by atoms with Crippen LogP contribution in [0.4, 0.5) is 5.82 Å². The van der Waals surface area contributed by atoms with Gasteiger partial charge in [0.15, 0.2) is 9.84 Å². The minimum Gasteiger partial charge on any atom is -0.338 e. The fourth-order valence-corrected chi connectivity index (χ4v) is 4.98. The van der Waals surface area contributed by atoms with Gasteiger partial charge >= 0.3 is 0 Å². The number of pyridine rings is 1. The van der Waals surface area contributed by atoms with Crippen molar-refractivity contribution in [1.82, 2.24) is 4.98 Å². The van der Waals surface area contributed by atoms with Gasteiger partial charge in [-0.25, -0.2) is 13.4 Å². The highest BCUT2D eigenvalue weighted by molar-refractivity contribution is 8.01. The Morgan fingerprint density at radius 3 is 2.89 bits per heavy atom. The van der Waals surface area contributed by atoms with Crippen LogP contribution in [-0.2, 0) is 16.4 Å². The maximum atomic E-state index is 11.9. The molecule has 0 spiro atoms. The lowest BCUT2D eigenvalue weighted by Crippen LogP contribution is -2.48. The summed E-state index contributed by atoms with van der Waals surface area (Å²) in [5, 5.41) is -0.508. The highest BCUT2D eigenvalue weighted by Gasteiger charge is 2.32. The Morgan fingerprint density at radius 2 is 2.26 bits per heavy atom. The zero-order chi connectivity index (χ0) is 14.0. The van der Waals surface area contributed by atoms with Gasteiger partial charge in [-0.3, -0.25) is 0 Å². The number of nitrogens with zero attached hydrogens (tertiary/aromatic N) is 2. The maximum absolute atomic E-state index is 11.9. The molecule has 7 heteroatoms. The van der Waals surface area contributed by atoms with Crippen LogP contribution in [0.1, 0.15) is 11.3 Å². The average Bonchev–Trinajstić information content (AvgIpc) is 2.37. The number of rotatable bonds is 3. The van der Waals surface area contributed by atoms with E-state index in [1.807, 2.05) is 24.0 Å². The maximum Gasteiger partial charge on any atom is 0.169 e. The summed E-state index contributed by atoms with van der Waals surface area (Å²) in [5.41, 5.74) is 7.51. The number of sulfone groups is 1. The Kier molecular flexibility index (Phi) is 4.37. The quantitative estimate of drug-likeness (QED) is 0.889. The molecule has 1 aliphatic rings. The van der Waals surface area contributed by atoms with Crippen molar-refractivity contribution in [2.24, 2.45) is 5.73 Å². The molecule has 1 fully saturated rings. The van der Waals surface area contributed by atoms with E-state index in [4.69, 9.17) is 5.73 Å². The number of thioether (sulfide) groups is 1. The van der Waals surface area contributed by atoms with E-state index in [9.17, 15) is 8.42 Å². The summed E-state index contributed by atoms with van der Waals surface area (Å²) < 4.78 is 23.9. The molecule has 0 amide bonds. The van der Waals surface area contributed by atoms with Crippen molar-refractivity contribution in [3.05, 3.63) is 23.4 Å². The zero-order valence-electron chi connectivity index (χ0n) is 11.2. The second-order valence-corrected chi connectivity index (χ2v) is 8.05. The lowest BCUT2D eigenvalue weighted by Gasteiger charge is -2.36. The third-order valence-electron chi connectivity index (χ3n) is 3.17. The molecule has 2 N–H and O–H groups in total. The predicted octanol–water partition coefficient (Wildman–Crippen LogP) is 0.773. The fraction of sp³-hybridized carbons (Fsp3) is 0.583. The van der Waals surface area contributed by atoms with E-state index in [2.05, 4.69) is 4.98 Å². The molecule has 1 aliphatic heterocycles. The minimum absolute atomic E-state index is 0.364. The van der Waals surface area contributed by atoms with Crippen molar-refractivity contribution in [2.75, 3.05) is 29.2 Å². The van der Waals surface area contributed by atoms with Crippen LogP contribution in [0.2, 0.25) is 0 Å². The molecule has 106 valence electrons. The second kappa shape index (κ2) is 5.68. The van der Waals surface area contributed by atoms with Gasteiger partial charge in [-0.05, 0) is 13.0 Å². The molecule has 2 heterocycles. The topological polar surface area (TPSA) is 76.3 Å². The standard InChI is InChI=1S/C12H19N3O2S2/c1-9-3-4-10(7-13)12(14-9)15-5-6-18-8-11(15)19(2,16)17/h3-4,11H,5-8,13H2,1-2H3. The summed E-state index contributed by atoms with van der Waals surface area (Å²) in [6.07, 6.45) is 1.29. The summed E-state index contributed by atoms with van der Waals surface area (Å²) in [4.78, 5) is 6.39. The Hall–Kier alpha value is -0.790. The molecule has 1 saturated heterocycles. The second-order valence-electron chi connectivity index (χ2n) is 4.69. The molecule has 5 nitrogen and oxygen atoms in total. The fourth-order valence-electron chi connectivity index (χ4n) is 2.16. The highest BCUT2D eigenvalue weighted by atomic mass is 32.2. The van der Waals surface area contributed by atoms with Crippen molar-refractivity contribution in [2.45, 2.75) is 18.8 Å². The van der Waals surface area contributed by atoms with Crippen LogP contribution in [0.5, 0.6) is 0 Å². The molecule has 1 aromatic rings. The van der Waals surface area contributed by atoms with Crippen LogP contribution in [-0.4, -0.2) is 43.1 Å². The average molecular weight is 301 g/mol. The van der Waals surface area contributed by atoms with E-state index in [1.54, 1.807) is 11.8 Å². The van der Waals surface area contributed by atoms with Crippen molar-refractivity contribution >= 4 is 27.4 Å². The summed E-state index contributed by atoms with van der Waals surface area (Å²) in [6.45, 7) is 2.95. The summed E-state index contributed by atoms with van der Waals surface area (Å²) in [6, 6.07) is 3.83. The van der Waals surface area contributed by atoms with Crippen molar-refractivity contribution in [3.8, 4) is 0 Å². The first-order valence-corrected chi connectivity index (χ1v) is 9.24. The summed E-state index contributed by atoms with van der Waals surface area (Å²) >= 11 is 1.67. The van der Waals surface area contributed by atoms with E-state index in [-0.39, 0.29) is 0 Å². The van der Waals surface area contributed by atoms with Crippen LogP contribution in [0.25, 0.3) is 0 Å². The molecular formula is C12H19N3O2S2. The third-order valence-corrected chi connectivity index (χ3v) is 5.81. The molecular weight excluding hydrogens is 282 g/mol. The summed E-state index contributed by atoms with van der Waals surface area (Å²) in [5.74, 6) is 2.21. The number of hydrogen-bond donors (Lipinski definition) is 1. The Morgan fingerprint density at radius 1 is 1.53 bits per heavy atom. The van der Waals surface area contributed by atoms with Gasteiger partial charge in [0.2, 0.25) is 0 Å². The number of hydrogen-bond acceptors (Lipinski definition) is 6. The smallest absolute Gasteiger partial charge is 0.169 e. The van der Waals surface area contributed by atoms with E-state index in [1.165, 1.54) is 6.26 Å². The van der Waals surface area contributed by atoms with Crippen LogP contribution in [0, 0.1) is 6.92 Å².